The lowest BCUT2D eigenvalue weighted by molar-refractivity contribution is 0.849. The third-order valence-electron chi connectivity index (χ3n) is 2.27. The summed E-state index contributed by atoms with van der Waals surface area (Å²) in [4.78, 5) is 4.44. The van der Waals surface area contributed by atoms with Crippen molar-refractivity contribution in [3.8, 4) is 5.82 Å². The molecule has 74 valence electrons. The van der Waals surface area contributed by atoms with Gasteiger partial charge >= 0.3 is 0 Å². The van der Waals surface area contributed by atoms with Crippen LogP contribution >= 0.6 is 0 Å². The summed E-state index contributed by atoms with van der Waals surface area (Å²) < 4.78 is 1.75. The van der Waals surface area contributed by atoms with Crippen molar-refractivity contribution in [3.63, 3.8) is 0 Å². The van der Waals surface area contributed by atoms with Crippen LogP contribution in [0.2, 0.25) is 0 Å². The van der Waals surface area contributed by atoms with Gasteiger partial charge in [-0.3, -0.25) is 5.10 Å². The van der Waals surface area contributed by atoms with Crippen molar-refractivity contribution in [2.24, 2.45) is 0 Å². The molecule has 3 rings (SSSR count). The second-order valence-corrected chi connectivity index (χ2v) is 3.36. The first-order valence-corrected chi connectivity index (χ1v) is 4.66. The molecule has 0 fully saturated rings. The highest BCUT2D eigenvalue weighted by Crippen LogP contribution is 2.14. The van der Waals surface area contributed by atoms with Gasteiger partial charge in [-0.2, -0.15) is 14.9 Å². The van der Waals surface area contributed by atoms with Crippen LogP contribution in [0.15, 0.2) is 30.6 Å². The minimum absolute atomic E-state index is 0.822. The highest BCUT2D eigenvalue weighted by atomic mass is 15.4. The van der Waals surface area contributed by atoms with Crippen molar-refractivity contribution in [3.05, 3.63) is 36.3 Å². The predicted octanol–water partition coefficient (Wildman–Crippen LogP) is 1.45. The van der Waals surface area contributed by atoms with Gasteiger partial charge in [-0.15, -0.1) is 0 Å². The van der Waals surface area contributed by atoms with Gasteiger partial charge in [-0.25, -0.2) is 4.98 Å². The number of aromatic amines is 1. The molecule has 0 aliphatic rings. The lowest BCUT2D eigenvalue weighted by Crippen LogP contribution is -1.98. The molecule has 0 unspecified atom stereocenters. The number of hydrogen-bond acceptors (Lipinski definition) is 3. The van der Waals surface area contributed by atoms with Gasteiger partial charge < -0.3 is 0 Å². The van der Waals surface area contributed by atoms with Crippen LogP contribution in [-0.2, 0) is 0 Å². The van der Waals surface area contributed by atoms with Crippen molar-refractivity contribution in [2.45, 2.75) is 6.92 Å². The Labute approximate surface area is 85.8 Å². The summed E-state index contributed by atoms with van der Waals surface area (Å²) in [6.07, 6.45) is 3.49. The minimum Gasteiger partial charge on any atom is -0.261 e. The summed E-state index contributed by atoms with van der Waals surface area (Å²) >= 11 is 0. The zero-order valence-corrected chi connectivity index (χ0v) is 8.18. The fourth-order valence-electron chi connectivity index (χ4n) is 1.54. The van der Waals surface area contributed by atoms with E-state index >= 15 is 0 Å². The molecule has 3 heterocycles. The number of pyridine rings is 1. The molecule has 0 radical (unpaired) electrons. The van der Waals surface area contributed by atoms with Gasteiger partial charge in [-0.05, 0) is 19.1 Å². The maximum Gasteiger partial charge on any atom is 0.164 e. The Bertz CT molecular complexity index is 593. The Morgan fingerprint density at radius 1 is 1.27 bits per heavy atom. The summed E-state index contributed by atoms with van der Waals surface area (Å²) in [5.41, 5.74) is 1.82. The maximum absolute atomic E-state index is 4.44. The van der Waals surface area contributed by atoms with E-state index in [4.69, 9.17) is 0 Å². The second kappa shape index (κ2) is 2.91. The Hall–Kier alpha value is -2.17. The quantitative estimate of drug-likeness (QED) is 0.645. The van der Waals surface area contributed by atoms with Gasteiger partial charge in [0.25, 0.3) is 0 Å². The summed E-state index contributed by atoms with van der Waals surface area (Å²) in [6.45, 7) is 1.96. The first-order valence-electron chi connectivity index (χ1n) is 4.66. The Morgan fingerprint density at radius 3 is 3.00 bits per heavy atom. The largest absolute Gasteiger partial charge is 0.261 e. The van der Waals surface area contributed by atoms with Crippen molar-refractivity contribution >= 4 is 11.0 Å². The highest BCUT2D eigenvalue weighted by molar-refractivity contribution is 5.75. The number of H-pyrrole nitrogens is 1. The number of rotatable bonds is 1. The number of nitrogens with zero attached hydrogens (tertiary/aromatic N) is 4. The van der Waals surface area contributed by atoms with Crippen molar-refractivity contribution in [1.82, 2.24) is 25.0 Å². The first kappa shape index (κ1) is 8.16. The molecule has 0 aliphatic carbocycles. The fraction of sp³-hybridized carbons (Fsp3) is 0.100. The van der Waals surface area contributed by atoms with Crippen molar-refractivity contribution in [2.75, 3.05) is 0 Å². The van der Waals surface area contributed by atoms with E-state index in [1.54, 1.807) is 17.1 Å². The lowest BCUT2D eigenvalue weighted by atomic mass is 10.3. The van der Waals surface area contributed by atoms with E-state index in [1.807, 2.05) is 25.1 Å². The van der Waals surface area contributed by atoms with Crippen LogP contribution in [0.4, 0.5) is 0 Å². The molecule has 0 saturated carbocycles. The van der Waals surface area contributed by atoms with Gasteiger partial charge in [0, 0.05) is 17.1 Å². The van der Waals surface area contributed by atoms with Gasteiger partial charge in [0.2, 0.25) is 0 Å². The van der Waals surface area contributed by atoms with Gasteiger partial charge in [0.05, 0.1) is 12.4 Å². The molecule has 0 amide bonds. The molecule has 0 bridgehead atoms. The zero-order valence-electron chi connectivity index (χ0n) is 8.18. The van der Waals surface area contributed by atoms with Crippen LogP contribution in [-0.4, -0.2) is 25.0 Å². The molecule has 3 aromatic heterocycles. The molecule has 0 aliphatic heterocycles. The monoisotopic (exact) mass is 199 g/mol. The van der Waals surface area contributed by atoms with Gasteiger partial charge in [0.15, 0.2) is 11.5 Å². The summed E-state index contributed by atoms with van der Waals surface area (Å²) in [7, 11) is 0. The van der Waals surface area contributed by atoms with Crippen LogP contribution in [0, 0.1) is 6.92 Å². The smallest absolute Gasteiger partial charge is 0.164 e. The first-order chi connectivity index (χ1) is 7.34. The normalized spacial score (nSPS) is 11.0. The van der Waals surface area contributed by atoms with E-state index in [-0.39, 0.29) is 0 Å². The molecule has 0 atom stereocenters. The van der Waals surface area contributed by atoms with Crippen LogP contribution in [0.25, 0.3) is 16.9 Å². The third kappa shape index (κ3) is 1.20. The number of aromatic nitrogens is 5. The zero-order chi connectivity index (χ0) is 10.3. The van der Waals surface area contributed by atoms with E-state index < -0.39 is 0 Å². The maximum atomic E-state index is 4.44. The molecule has 3 aromatic rings. The summed E-state index contributed by atoms with van der Waals surface area (Å²) in [5, 5.41) is 12.0. The number of fused-ring (bicyclic) bond motifs is 1. The summed E-state index contributed by atoms with van der Waals surface area (Å²) in [6, 6.07) is 5.84. The number of hydrogen-bond donors (Lipinski definition) is 1. The minimum atomic E-state index is 0.822. The highest BCUT2D eigenvalue weighted by Gasteiger charge is 2.06. The van der Waals surface area contributed by atoms with Crippen molar-refractivity contribution < 1.29 is 0 Å². The number of aryl methyl sites for hydroxylation is 1. The topological polar surface area (TPSA) is 59.4 Å². The molecule has 1 N–H and O–H groups in total. The lowest BCUT2D eigenvalue weighted by Gasteiger charge is -1.98. The second-order valence-electron chi connectivity index (χ2n) is 3.36. The van der Waals surface area contributed by atoms with Crippen molar-refractivity contribution in [1.29, 1.82) is 0 Å². The van der Waals surface area contributed by atoms with E-state index in [2.05, 4.69) is 20.3 Å². The van der Waals surface area contributed by atoms with Crippen LogP contribution < -0.4 is 0 Å². The van der Waals surface area contributed by atoms with E-state index in [0.29, 0.717) is 0 Å². The predicted molar refractivity (Wildman–Crippen MR) is 55.7 cm³/mol. The van der Waals surface area contributed by atoms with E-state index in [9.17, 15) is 0 Å². The average molecular weight is 199 g/mol. The Morgan fingerprint density at radius 2 is 2.20 bits per heavy atom. The van der Waals surface area contributed by atoms with Gasteiger partial charge in [0.1, 0.15) is 0 Å². The molecule has 0 aromatic carbocycles. The molecule has 15 heavy (non-hydrogen) atoms. The fourth-order valence-corrected chi connectivity index (χ4v) is 1.54. The molecule has 0 spiro atoms. The van der Waals surface area contributed by atoms with Crippen LogP contribution in [0.3, 0.4) is 0 Å². The average Bonchev–Trinajstić information content (AvgIpc) is 2.83. The van der Waals surface area contributed by atoms with E-state index in [1.165, 1.54) is 0 Å². The Kier molecular flexibility index (Phi) is 1.58. The molecule has 5 nitrogen and oxygen atoms in total. The molecular formula is C10H9N5. The SMILES string of the molecule is Cc1ccc2cnn(-c3ccn[nH]3)c2n1. The van der Waals surface area contributed by atoms with Gasteiger partial charge in [-0.1, -0.05) is 0 Å². The van der Waals surface area contributed by atoms with Crippen LogP contribution in [0.5, 0.6) is 0 Å². The van der Waals surface area contributed by atoms with Crippen LogP contribution in [0.1, 0.15) is 5.69 Å². The van der Waals surface area contributed by atoms with E-state index in [0.717, 1.165) is 22.5 Å². The molecule has 0 saturated heterocycles. The molecular weight excluding hydrogens is 190 g/mol. The Balaban J connectivity index is 2.32. The third-order valence-corrected chi connectivity index (χ3v) is 2.27. The number of nitrogens with one attached hydrogen (secondary N) is 1. The standard InChI is InChI=1S/C10H9N5/c1-7-2-3-8-6-12-15(10(8)13-7)9-4-5-11-14-9/h2-6H,1H3,(H,11,14). The summed E-state index contributed by atoms with van der Waals surface area (Å²) in [5.74, 6) is 0.822. The molecule has 5 heteroatoms.